The highest BCUT2D eigenvalue weighted by Gasteiger charge is 1.59. The Balaban J connectivity index is -0.000000120. The first kappa shape index (κ1) is 16.3. The first-order valence-corrected chi connectivity index (χ1v) is 1.70. The number of nitrogens with zero attached hydrogens (tertiary/aromatic N) is 2. The molecule has 0 spiro atoms. The maximum atomic E-state index is 3.67. The molecular formula is C4H7Br3N2. The fraction of sp³-hybridized carbons (Fsp3) is 0. The van der Waals surface area contributed by atoms with Crippen LogP contribution in [0.2, 0.25) is 0 Å². The summed E-state index contributed by atoms with van der Waals surface area (Å²) in [7, 11) is 0. The van der Waals surface area contributed by atoms with Gasteiger partial charge in [0.15, 0.2) is 0 Å². The van der Waals surface area contributed by atoms with Gasteiger partial charge in [0.1, 0.15) is 6.33 Å². The lowest BCUT2D eigenvalue weighted by atomic mass is 10.7. The Morgan fingerprint density at radius 1 is 0.778 bits per heavy atom. The average Bonchev–Trinajstić information content (AvgIpc) is 1.72. The normalized spacial score (nSPS) is 5.33. The summed E-state index contributed by atoms with van der Waals surface area (Å²) < 4.78 is 0. The quantitative estimate of drug-likeness (QED) is 0.732. The number of halogens is 3. The molecule has 0 radical (unpaired) electrons. The largest absolute Gasteiger partial charge is 0.245 e. The Labute approximate surface area is 85.4 Å². The highest BCUT2D eigenvalue weighted by atomic mass is 79.9. The van der Waals surface area contributed by atoms with Gasteiger partial charge in [0.05, 0.1) is 0 Å². The van der Waals surface area contributed by atoms with E-state index < -0.39 is 0 Å². The predicted octanol–water partition coefficient (Wildman–Crippen LogP) is 2.21. The molecule has 0 bridgehead atoms. The standard InChI is InChI=1S/C4H4N2.3BrH/c1-2-5-4-6-3-1;;;/h1-4H;3*1H. The van der Waals surface area contributed by atoms with Crippen molar-refractivity contribution in [3.8, 4) is 0 Å². The Hall–Kier alpha value is 0.520. The molecule has 9 heavy (non-hydrogen) atoms. The molecule has 0 aliphatic heterocycles. The number of rotatable bonds is 0. The smallest absolute Gasteiger partial charge is 0.115 e. The van der Waals surface area contributed by atoms with Crippen LogP contribution in [0.25, 0.3) is 0 Å². The van der Waals surface area contributed by atoms with Gasteiger partial charge in [-0.3, -0.25) is 0 Å². The molecule has 2 nitrogen and oxygen atoms in total. The van der Waals surface area contributed by atoms with E-state index in [-0.39, 0.29) is 50.9 Å². The van der Waals surface area contributed by atoms with Gasteiger partial charge in [-0.25, -0.2) is 9.97 Å². The molecule has 0 aromatic carbocycles. The van der Waals surface area contributed by atoms with Gasteiger partial charge >= 0.3 is 0 Å². The molecule has 0 saturated heterocycles. The van der Waals surface area contributed by atoms with Crippen LogP contribution in [-0.2, 0) is 0 Å². The molecule has 5 heteroatoms. The molecule has 1 aromatic heterocycles. The Bertz CT molecular complexity index is 85.7. The number of hydrogen-bond donors (Lipinski definition) is 0. The fourth-order valence-corrected chi connectivity index (χ4v) is 0.253. The summed E-state index contributed by atoms with van der Waals surface area (Å²) in [6.45, 7) is 0. The summed E-state index contributed by atoms with van der Waals surface area (Å²) in [6, 6.07) is 1.78. The van der Waals surface area contributed by atoms with Gasteiger partial charge in [0.25, 0.3) is 0 Å². The van der Waals surface area contributed by atoms with Gasteiger partial charge in [-0.05, 0) is 6.07 Å². The van der Waals surface area contributed by atoms with Crippen molar-refractivity contribution >= 4 is 50.9 Å². The van der Waals surface area contributed by atoms with Crippen molar-refractivity contribution in [2.24, 2.45) is 0 Å². The molecule has 0 N–H and O–H groups in total. The predicted molar refractivity (Wildman–Crippen MR) is 53.0 cm³/mol. The maximum absolute atomic E-state index is 3.67. The molecule has 1 aromatic rings. The summed E-state index contributed by atoms with van der Waals surface area (Å²) in [5, 5.41) is 0. The second kappa shape index (κ2) is 11.3. The maximum Gasteiger partial charge on any atom is 0.115 e. The van der Waals surface area contributed by atoms with E-state index in [0.29, 0.717) is 0 Å². The molecule has 1 rings (SSSR count). The average molecular weight is 323 g/mol. The van der Waals surface area contributed by atoms with E-state index in [4.69, 9.17) is 0 Å². The minimum Gasteiger partial charge on any atom is -0.245 e. The summed E-state index contributed by atoms with van der Waals surface area (Å²) in [5.74, 6) is 0. The topological polar surface area (TPSA) is 25.8 Å². The lowest BCUT2D eigenvalue weighted by molar-refractivity contribution is 1.17. The van der Waals surface area contributed by atoms with E-state index in [1.807, 2.05) is 0 Å². The SMILES string of the molecule is Br.Br.Br.c1cncnc1. The summed E-state index contributed by atoms with van der Waals surface area (Å²) in [4.78, 5) is 7.35. The van der Waals surface area contributed by atoms with Gasteiger partial charge in [-0.2, -0.15) is 0 Å². The van der Waals surface area contributed by atoms with Crippen LogP contribution >= 0.6 is 50.9 Å². The Morgan fingerprint density at radius 3 is 1.33 bits per heavy atom. The third kappa shape index (κ3) is 8.52. The highest BCUT2D eigenvalue weighted by Crippen LogP contribution is 1.66. The van der Waals surface area contributed by atoms with Crippen molar-refractivity contribution in [1.82, 2.24) is 9.97 Å². The van der Waals surface area contributed by atoms with Gasteiger partial charge in [0.2, 0.25) is 0 Å². The first-order valence-electron chi connectivity index (χ1n) is 1.70. The fourth-order valence-electron chi connectivity index (χ4n) is 0.253. The minimum atomic E-state index is 0. The van der Waals surface area contributed by atoms with Crippen molar-refractivity contribution in [2.75, 3.05) is 0 Å². The molecule has 0 aliphatic carbocycles. The van der Waals surface area contributed by atoms with Gasteiger partial charge in [0, 0.05) is 12.4 Å². The van der Waals surface area contributed by atoms with E-state index in [1.165, 1.54) is 6.33 Å². The van der Waals surface area contributed by atoms with E-state index in [0.717, 1.165) is 0 Å². The molecule has 0 amide bonds. The van der Waals surface area contributed by atoms with E-state index in [9.17, 15) is 0 Å². The number of hydrogen-bond acceptors (Lipinski definition) is 2. The second-order valence-electron chi connectivity index (χ2n) is 0.904. The summed E-state index contributed by atoms with van der Waals surface area (Å²) in [5.41, 5.74) is 0. The van der Waals surface area contributed by atoms with Crippen molar-refractivity contribution in [3.05, 3.63) is 24.8 Å². The second-order valence-corrected chi connectivity index (χ2v) is 0.904. The van der Waals surface area contributed by atoms with E-state index >= 15 is 0 Å². The molecular weight excluding hydrogens is 316 g/mol. The van der Waals surface area contributed by atoms with Crippen LogP contribution in [0.15, 0.2) is 24.8 Å². The van der Waals surface area contributed by atoms with E-state index in [1.54, 1.807) is 18.5 Å². The van der Waals surface area contributed by atoms with Crippen molar-refractivity contribution in [1.29, 1.82) is 0 Å². The van der Waals surface area contributed by atoms with Crippen molar-refractivity contribution in [3.63, 3.8) is 0 Å². The zero-order valence-electron chi connectivity index (χ0n) is 4.43. The van der Waals surface area contributed by atoms with Crippen LogP contribution in [-0.4, -0.2) is 9.97 Å². The van der Waals surface area contributed by atoms with Gasteiger partial charge in [-0.15, -0.1) is 50.9 Å². The number of aromatic nitrogens is 2. The third-order valence-electron chi connectivity index (χ3n) is 0.478. The molecule has 0 fully saturated rings. The molecule has 54 valence electrons. The van der Waals surface area contributed by atoms with Crippen LogP contribution < -0.4 is 0 Å². The Kier molecular flexibility index (Phi) is 20.5. The van der Waals surface area contributed by atoms with Crippen LogP contribution in [0.3, 0.4) is 0 Å². The Morgan fingerprint density at radius 2 is 1.22 bits per heavy atom. The van der Waals surface area contributed by atoms with Crippen LogP contribution in [0.1, 0.15) is 0 Å². The highest BCUT2D eigenvalue weighted by molar-refractivity contribution is 8.93. The first-order chi connectivity index (χ1) is 3.00. The lowest BCUT2D eigenvalue weighted by Gasteiger charge is -1.70. The molecule has 0 atom stereocenters. The lowest BCUT2D eigenvalue weighted by Crippen LogP contribution is -1.66. The van der Waals surface area contributed by atoms with E-state index in [2.05, 4.69) is 9.97 Å². The molecule has 0 saturated carbocycles. The van der Waals surface area contributed by atoms with Gasteiger partial charge < -0.3 is 0 Å². The van der Waals surface area contributed by atoms with Crippen LogP contribution in [0.5, 0.6) is 0 Å². The van der Waals surface area contributed by atoms with Gasteiger partial charge in [-0.1, -0.05) is 0 Å². The van der Waals surface area contributed by atoms with Crippen molar-refractivity contribution in [2.45, 2.75) is 0 Å². The summed E-state index contributed by atoms with van der Waals surface area (Å²) >= 11 is 0. The third-order valence-corrected chi connectivity index (χ3v) is 0.478. The zero-order chi connectivity index (χ0) is 4.24. The van der Waals surface area contributed by atoms with Crippen LogP contribution in [0, 0.1) is 0 Å². The summed E-state index contributed by atoms with van der Waals surface area (Å²) in [6.07, 6.45) is 4.88. The van der Waals surface area contributed by atoms with Crippen LogP contribution in [0.4, 0.5) is 0 Å². The molecule has 0 aliphatic rings. The molecule has 0 unspecified atom stereocenters. The molecule has 1 heterocycles. The minimum absolute atomic E-state index is 0. The monoisotopic (exact) mass is 320 g/mol. The van der Waals surface area contributed by atoms with Crippen molar-refractivity contribution < 1.29 is 0 Å². The zero-order valence-corrected chi connectivity index (χ0v) is 9.57.